The van der Waals surface area contributed by atoms with Crippen LogP contribution in [0.2, 0.25) is 0 Å². The van der Waals surface area contributed by atoms with Crippen molar-refractivity contribution in [2.45, 2.75) is 19.5 Å². The summed E-state index contributed by atoms with van der Waals surface area (Å²) >= 11 is 1.62. The number of carbonyl (C=O) groups excluding carboxylic acids is 1. The molecular weight excluding hydrogens is 362 g/mol. The first-order valence-corrected chi connectivity index (χ1v) is 9.32. The molecule has 0 aromatic carbocycles. The van der Waals surface area contributed by atoms with Crippen LogP contribution in [0.3, 0.4) is 0 Å². The second-order valence-electron chi connectivity index (χ2n) is 6.08. The van der Waals surface area contributed by atoms with Gasteiger partial charge in [0.05, 0.1) is 24.3 Å². The van der Waals surface area contributed by atoms with E-state index < -0.39 is 0 Å². The lowest BCUT2D eigenvalue weighted by molar-refractivity contribution is -0.108. The summed E-state index contributed by atoms with van der Waals surface area (Å²) in [7, 11) is 1.84. The van der Waals surface area contributed by atoms with Crippen molar-refractivity contribution in [2.24, 2.45) is 0 Å². The zero-order chi connectivity index (χ0) is 18.8. The molecule has 1 N–H and O–H groups in total. The number of thiophene rings is 1. The van der Waals surface area contributed by atoms with Crippen LogP contribution in [-0.4, -0.2) is 39.6 Å². The van der Waals surface area contributed by atoms with Gasteiger partial charge in [-0.05, 0) is 18.1 Å². The Morgan fingerprint density at radius 2 is 2.22 bits per heavy atom. The molecule has 4 heterocycles. The van der Waals surface area contributed by atoms with Crippen molar-refractivity contribution in [3.05, 3.63) is 40.7 Å². The Balaban J connectivity index is 1.57. The van der Waals surface area contributed by atoms with Crippen molar-refractivity contribution in [1.29, 1.82) is 5.26 Å². The van der Waals surface area contributed by atoms with Crippen LogP contribution in [0.1, 0.15) is 16.0 Å². The van der Waals surface area contributed by atoms with Crippen molar-refractivity contribution in [3.8, 4) is 17.3 Å². The number of fused-ring (bicyclic) bond motifs is 1. The first-order chi connectivity index (χ1) is 13.2. The first-order valence-electron chi connectivity index (χ1n) is 8.50. The van der Waals surface area contributed by atoms with E-state index >= 15 is 0 Å². The third-order valence-corrected chi connectivity index (χ3v) is 5.81. The maximum atomic E-state index is 10.8. The summed E-state index contributed by atoms with van der Waals surface area (Å²) < 4.78 is 1.62. The number of nitriles is 1. The summed E-state index contributed by atoms with van der Waals surface area (Å²) in [6, 6.07) is 4.15. The van der Waals surface area contributed by atoms with Gasteiger partial charge >= 0.3 is 0 Å². The minimum atomic E-state index is 0.201. The predicted octanol–water partition coefficient (Wildman–Crippen LogP) is 2.08. The van der Waals surface area contributed by atoms with Crippen molar-refractivity contribution in [3.63, 3.8) is 0 Å². The summed E-state index contributed by atoms with van der Waals surface area (Å²) in [6.07, 6.45) is 6.77. The highest BCUT2D eigenvalue weighted by Gasteiger charge is 2.25. The molecule has 1 aliphatic rings. The van der Waals surface area contributed by atoms with Crippen LogP contribution >= 0.6 is 11.3 Å². The molecule has 0 spiro atoms. The van der Waals surface area contributed by atoms with Crippen molar-refractivity contribution in [2.75, 3.05) is 23.8 Å². The number of nitrogens with zero attached hydrogens (tertiary/aromatic N) is 6. The highest BCUT2D eigenvalue weighted by Crippen LogP contribution is 2.37. The van der Waals surface area contributed by atoms with Gasteiger partial charge in [0.25, 0.3) is 0 Å². The van der Waals surface area contributed by atoms with Crippen molar-refractivity contribution >= 4 is 28.6 Å². The van der Waals surface area contributed by atoms with Gasteiger partial charge in [-0.25, -0.2) is 9.97 Å². The van der Waals surface area contributed by atoms with Gasteiger partial charge in [0.15, 0.2) is 0 Å². The third kappa shape index (κ3) is 3.04. The van der Waals surface area contributed by atoms with Crippen molar-refractivity contribution in [1.82, 2.24) is 19.7 Å². The van der Waals surface area contributed by atoms with E-state index in [1.54, 1.807) is 34.6 Å². The van der Waals surface area contributed by atoms with E-state index in [4.69, 9.17) is 0 Å². The number of aldehydes is 1. The lowest BCUT2D eigenvalue weighted by atomic mass is 10.0. The second-order valence-corrected chi connectivity index (χ2v) is 7.18. The van der Waals surface area contributed by atoms with E-state index in [-0.39, 0.29) is 6.54 Å². The molecule has 136 valence electrons. The molecule has 3 aromatic rings. The van der Waals surface area contributed by atoms with E-state index in [1.807, 2.05) is 13.1 Å². The van der Waals surface area contributed by atoms with Gasteiger partial charge < -0.3 is 15.0 Å². The fourth-order valence-corrected chi connectivity index (χ4v) is 4.45. The molecular formula is C18H17N7OS. The molecule has 0 saturated heterocycles. The molecule has 8 nitrogen and oxygen atoms in total. The van der Waals surface area contributed by atoms with Crippen LogP contribution in [0.25, 0.3) is 11.3 Å². The minimum Gasteiger partial charge on any atom is -0.379 e. The lowest BCUT2D eigenvalue weighted by Gasteiger charge is -2.26. The van der Waals surface area contributed by atoms with E-state index in [2.05, 4.69) is 31.4 Å². The number of rotatable bonds is 5. The molecule has 1 aliphatic heterocycles. The van der Waals surface area contributed by atoms with Gasteiger partial charge in [0.1, 0.15) is 17.4 Å². The maximum Gasteiger partial charge on any atom is 0.225 e. The Hall–Kier alpha value is -3.25. The zero-order valence-corrected chi connectivity index (χ0v) is 15.5. The topological polar surface area (TPSA) is 99.7 Å². The van der Waals surface area contributed by atoms with Gasteiger partial charge in [-0.15, -0.1) is 11.3 Å². The zero-order valence-electron chi connectivity index (χ0n) is 14.7. The van der Waals surface area contributed by atoms with Gasteiger partial charge in [0, 0.05) is 42.6 Å². The van der Waals surface area contributed by atoms with Gasteiger partial charge in [-0.1, -0.05) is 0 Å². The Morgan fingerprint density at radius 1 is 1.41 bits per heavy atom. The predicted molar refractivity (Wildman–Crippen MR) is 103 cm³/mol. The normalized spacial score (nSPS) is 13.1. The van der Waals surface area contributed by atoms with E-state index in [0.717, 1.165) is 46.6 Å². The molecule has 0 aliphatic carbocycles. The lowest BCUT2D eigenvalue weighted by Crippen LogP contribution is -2.31. The Kier molecular flexibility index (Phi) is 4.56. The fourth-order valence-electron chi connectivity index (χ4n) is 3.28. The van der Waals surface area contributed by atoms with Gasteiger partial charge in [-0.2, -0.15) is 10.4 Å². The second kappa shape index (κ2) is 7.17. The maximum absolute atomic E-state index is 10.8. The first kappa shape index (κ1) is 17.2. The smallest absolute Gasteiger partial charge is 0.225 e. The number of carbonyl (C=O) groups is 1. The number of hydrogen-bond donors (Lipinski definition) is 1. The number of aromatic nitrogens is 4. The van der Waals surface area contributed by atoms with Crippen molar-refractivity contribution < 1.29 is 4.79 Å². The largest absolute Gasteiger partial charge is 0.379 e. The Bertz CT molecular complexity index is 1020. The average Bonchev–Trinajstić information content (AvgIpc) is 3.31. The highest BCUT2D eigenvalue weighted by atomic mass is 32.1. The fraction of sp³-hybridized carbons (Fsp3) is 0.278. The molecule has 3 aromatic heterocycles. The molecule has 27 heavy (non-hydrogen) atoms. The molecule has 0 amide bonds. The molecule has 0 fully saturated rings. The van der Waals surface area contributed by atoms with Crippen LogP contribution in [0.15, 0.2) is 24.7 Å². The SMILES string of the molecule is CNc1sc2c(c1C#N)CCN(c1ncc(-c3ccnn3CC=O)cn1)C2. The quantitative estimate of drug-likeness (QED) is 0.678. The van der Waals surface area contributed by atoms with E-state index in [9.17, 15) is 10.1 Å². The summed E-state index contributed by atoms with van der Waals surface area (Å²) in [5.41, 5.74) is 3.52. The van der Waals surface area contributed by atoms with E-state index in [1.165, 1.54) is 4.88 Å². The molecule has 4 rings (SSSR count). The molecule has 0 bridgehead atoms. The summed E-state index contributed by atoms with van der Waals surface area (Å²) in [4.78, 5) is 23.1. The van der Waals surface area contributed by atoms with Crippen LogP contribution in [0.5, 0.6) is 0 Å². The van der Waals surface area contributed by atoms with Crippen LogP contribution in [-0.2, 0) is 24.3 Å². The van der Waals surface area contributed by atoms with Crippen LogP contribution in [0.4, 0.5) is 10.9 Å². The number of anilines is 2. The Labute approximate surface area is 160 Å². The monoisotopic (exact) mass is 379 g/mol. The average molecular weight is 379 g/mol. The standard InChI is InChI=1S/C18H17N7OS/c1-20-17-14(8-19)13-3-5-24(11-16(13)27-17)18-21-9-12(10-22-18)15-2-4-23-25(15)6-7-26/h2,4,7,9-10,20H,3,5-6,11H2,1H3. The molecule has 0 radical (unpaired) electrons. The Morgan fingerprint density at radius 3 is 2.93 bits per heavy atom. The number of hydrogen-bond acceptors (Lipinski definition) is 8. The summed E-state index contributed by atoms with van der Waals surface area (Å²) in [5.74, 6) is 0.656. The molecule has 0 saturated carbocycles. The van der Waals surface area contributed by atoms with Gasteiger partial charge in [0.2, 0.25) is 5.95 Å². The minimum absolute atomic E-state index is 0.201. The third-order valence-electron chi connectivity index (χ3n) is 4.58. The van der Waals surface area contributed by atoms with Crippen LogP contribution < -0.4 is 10.2 Å². The van der Waals surface area contributed by atoms with Crippen LogP contribution in [0, 0.1) is 11.3 Å². The molecule has 0 unspecified atom stereocenters. The number of nitrogens with one attached hydrogen (secondary N) is 1. The van der Waals surface area contributed by atoms with E-state index in [0.29, 0.717) is 12.5 Å². The highest BCUT2D eigenvalue weighted by molar-refractivity contribution is 7.16. The molecule has 9 heteroatoms. The summed E-state index contributed by atoms with van der Waals surface area (Å²) in [5, 5.41) is 17.6. The summed E-state index contributed by atoms with van der Waals surface area (Å²) in [6.45, 7) is 1.66. The van der Waals surface area contributed by atoms with Gasteiger partial charge in [-0.3, -0.25) is 4.68 Å². The molecule has 0 atom stereocenters.